The monoisotopic (exact) mass is 210 g/mol. The van der Waals surface area contributed by atoms with Crippen LogP contribution in [0.15, 0.2) is 0 Å². The zero-order chi connectivity index (χ0) is 9.40. The Kier molecular flexibility index (Phi) is 8.65. The van der Waals surface area contributed by atoms with Crippen LogP contribution in [-0.4, -0.2) is 33.9 Å². The van der Waals surface area contributed by atoms with Crippen LogP contribution in [0.2, 0.25) is 0 Å². The summed E-state index contributed by atoms with van der Waals surface area (Å²) in [4.78, 5) is 0. The molecule has 74 valence electrons. The molecule has 2 unspecified atom stereocenters. The molecule has 0 bridgehead atoms. The summed E-state index contributed by atoms with van der Waals surface area (Å²) in [5, 5.41) is 17.7. The van der Waals surface area contributed by atoms with E-state index < -0.39 is 6.10 Å². The molecule has 0 saturated carbocycles. The lowest BCUT2D eigenvalue weighted by Crippen LogP contribution is -2.24. The van der Waals surface area contributed by atoms with Gasteiger partial charge in [0.1, 0.15) is 0 Å². The largest absolute Gasteiger partial charge is 0.395 e. The summed E-state index contributed by atoms with van der Waals surface area (Å²) in [5.41, 5.74) is 0. The van der Waals surface area contributed by atoms with E-state index in [2.05, 4.69) is 25.3 Å². The van der Waals surface area contributed by atoms with Gasteiger partial charge in [-0.15, -0.1) is 0 Å². The Morgan fingerprint density at radius 2 is 1.83 bits per heavy atom. The third kappa shape index (κ3) is 6.17. The van der Waals surface area contributed by atoms with Gasteiger partial charge >= 0.3 is 0 Å². The van der Waals surface area contributed by atoms with Crippen LogP contribution >= 0.6 is 25.3 Å². The molecule has 0 aliphatic rings. The molecule has 0 saturated heterocycles. The van der Waals surface area contributed by atoms with Crippen molar-refractivity contribution in [2.75, 3.05) is 12.4 Å². The van der Waals surface area contributed by atoms with Gasteiger partial charge in [0.15, 0.2) is 0 Å². The van der Waals surface area contributed by atoms with E-state index in [0.717, 1.165) is 31.4 Å². The van der Waals surface area contributed by atoms with Crippen molar-refractivity contribution < 1.29 is 10.2 Å². The summed E-state index contributed by atoms with van der Waals surface area (Å²) in [5.74, 6) is 0.903. The Hall–Kier alpha value is 0.620. The van der Waals surface area contributed by atoms with Gasteiger partial charge in [-0.1, -0.05) is 12.8 Å². The molecule has 0 aliphatic carbocycles. The minimum atomic E-state index is -0.474. The van der Waals surface area contributed by atoms with E-state index in [1.807, 2.05) is 0 Å². The Morgan fingerprint density at radius 3 is 2.33 bits per heavy atom. The van der Waals surface area contributed by atoms with Gasteiger partial charge in [-0.2, -0.15) is 25.3 Å². The SMILES string of the molecule is OCC(S)C(O)CCCCCS. The topological polar surface area (TPSA) is 40.5 Å². The van der Waals surface area contributed by atoms with Crippen LogP contribution in [0.5, 0.6) is 0 Å². The first-order valence-corrected chi connectivity index (χ1v) is 5.45. The highest BCUT2D eigenvalue weighted by Gasteiger charge is 2.12. The Balaban J connectivity index is 3.24. The van der Waals surface area contributed by atoms with Crippen LogP contribution in [-0.2, 0) is 0 Å². The smallest absolute Gasteiger partial charge is 0.0678 e. The van der Waals surface area contributed by atoms with Crippen molar-refractivity contribution in [3.8, 4) is 0 Å². The molecule has 0 fully saturated rings. The van der Waals surface area contributed by atoms with E-state index >= 15 is 0 Å². The summed E-state index contributed by atoms with van der Waals surface area (Å²) in [7, 11) is 0. The number of hydrogen-bond donors (Lipinski definition) is 4. The summed E-state index contributed by atoms with van der Waals surface area (Å²) in [6.45, 7) is -0.0587. The Bertz CT molecular complexity index is 101. The first kappa shape index (κ1) is 12.6. The normalized spacial score (nSPS) is 16.0. The molecule has 0 aliphatic heterocycles. The molecule has 0 spiro atoms. The molecule has 0 rings (SSSR count). The zero-order valence-electron chi connectivity index (χ0n) is 7.19. The minimum Gasteiger partial charge on any atom is -0.395 e. The molecular weight excluding hydrogens is 192 g/mol. The maximum Gasteiger partial charge on any atom is 0.0678 e. The molecule has 4 heteroatoms. The average Bonchev–Trinajstić information content (AvgIpc) is 2.10. The van der Waals surface area contributed by atoms with Gasteiger partial charge in [0.25, 0.3) is 0 Å². The summed E-state index contributed by atoms with van der Waals surface area (Å²) in [6.07, 6.45) is 3.42. The molecular formula is C8H18O2S2. The molecule has 0 aromatic carbocycles. The van der Waals surface area contributed by atoms with Crippen molar-refractivity contribution in [3.05, 3.63) is 0 Å². The standard InChI is InChI=1S/C8H18O2S2/c9-6-8(12)7(10)4-2-1-3-5-11/h7-12H,1-6H2. The van der Waals surface area contributed by atoms with Gasteiger partial charge in [-0.25, -0.2) is 0 Å². The molecule has 12 heavy (non-hydrogen) atoms. The van der Waals surface area contributed by atoms with E-state index in [4.69, 9.17) is 5.11 Å². The third-order valence-electron chi connectivity index (χ3n) is 1.79. The molecule has 2 N–H and O–H groups in total. The first-order chi connectivity index (χ1) is 5.72. The first-order valence-electron chi connectivity index (χ1n) is 4.30. The lowest BCUT2D eigenvalue weighted by Gasteiger charge is -2.14. The number of rotatable bonds is 7. The molecule has 2 nitrogen and oxygen atoms in total. The lowest BCUT2D eigenvalue weighted by molar-refractivity contribution is 0.130. The van der Waals surface area contributed by atoms with Crippen LogP contribution in [0.1, 0.15) is 25.7 Å². The second kappa shape index (κ2) is 8.23. The fourth-order valence-electron chi connectivity index (χ4n) is 0.956. The zero-order valence-corrected chi connectivity index (χ0v) is 8.98. The van der Waals surface area contributed by atoms with Gasteiger partial charge in [0.05, 0.1) is 18.0 Å². The average molecular weight is 210 g/mol. The quantitative estimate of drug-likeness (QED) is 0.376. The van der Waals surface area contributed by atoms with Gasteiger partial charge in [-0.3, -0.25) is 0 Å². The molecule has 0 aromatic rings. The van der Waals surface area contributed by atoms with Crippen LogP contribution in [0, 0.1) is 0 Å². The minimum absolute atomic E-state index is 0.0587. The molecule has 0 radical (unpaired) electrons. The van der Waals surface area contributed by atoms with Gasteiger partial charge in [0.2, 0.25) is 0 Å². The predicted octanol–water partition coefficient (Wildman–Crippen LogP) is 1.13. The van der Waals surface area contributed by atoms with Crippen LogP contribution < -0.4 is 0 Å². The van der Waals surface area contributed by atoms with E-state index in [-0.39, 0.29) is 11.9 Å². The summed E-state index contributed by atoms with van der Waals surface area (Å²) >= 11 is 8.12. The van der Waals surface area contributed by atoms with Crippen molar-refractivity contribution in [3.63, 3.8) is 0 Å². The maximum atomic E-state index is 9.36. The van der Waals surface area contributed by atoms with E-state index in [1.165, 1.54) is 0 Å². The fourth-order valence-corrected chi connectivity index (χ4v) is 1.33. The maximum absolute atomic E-state index is 9.36. The second-order valence-electron chi connectivity index (χ2n) is 2.89. The van der Waals surface area contributed by atoms with Gasteiger partial charge in [-0.05, 0) is 18.6 Å². The molecule has 0 amide bonds. The number of hydrogen-bond acceptors (Lipinski definition) is 4. The molecule has 0 heterocycles. The highest BCUT2D eigenvalue weighted by Crippen LogP contribution is 2.10. The van der Waals surface area contributed by atoms with E-state index in [9.17, 15) is 5.11 Å². The number of aliphatic hydroxyl groups excluding tert-OH is 2. The molecule has 0 aromatic heterocycles. The predicted molar refractivity (Wildman–Crippen MR) is 58.2 cm³/mol. The number of aliphatic hydroxyl groups is 2. The van der Waals surface area contributed by atoms with Gasteiger partial charge in [0, 0.05) is 0 Å². The van der Waals surface area contributed by atoms with Crippen molar-refractivity contribution in [2.45, 2.75) is 37.0 Å². The van der Waals surface area contributed by atoms with Crippen molar-refractivity contribution in [1.82, 2.24) is 0 Å². The van der Waals surface area contributed by atoms with E-state index in [1.54, 1.807) is 0 Å². The highest BCUT2D eigenvalue weighted by molar-refractivity contribution is 7.81. The van der Waals surface area contributed by atoms with E-state index in [0.29, 0.717) is 0 Å². The van der Waals surface area contributed by atoms with Crippen LogP contribution in [0.3, 0.4) is 0 Å². The van der Waals surface area contributed by atoms with Crippen LogP contribution in [0.25, 0.3) is 0 Å². The summed E-state index contributed by atoms with van der Waals surface area (Å²) in [6, 6.07) is 0. The van der Waals surface area contributed by atoms with Crippen molar-refractivity contribution >= 4 is 25.3 Å². The third-order valence-corrected chi connectivity index (χ3v) is 2.61. The summed E-state index contributed by atoms with van der Waals surface area (Å²) < 4.78 is 0. The Labute approximate surface area is 85.2 Å². The van der Waals surface area contributed by atoms with Crippen molar-refractivity contribution in [1.29, 1.82) is 0 Å². The highest BCUT2D eigenvalue weighted by atomic mass is 32.1. The number of thiol groups is 2. The lowest BCUT2D eigenvalue weighted by atomic mass is 10.1. The fraction of sp³-hybridized carbons (Fsp3) is 1.00. The van der Waals surface area contributed by atoms with Crippen molar-refractivity contribution in [2.24, 2.45) is 0 Å². The number of unbranched alkanes of at least 4 members (excludes halogenated alkanes) is 2. The molecule has 2 atom stereocenters. The van der Waals surface area contributed by atoms with Gasteiger partial charge < -0.3 is 10.2 Å². The Morgan fingerprint density at radius 1 is 1.17 bits per heavy atom. The van der Waals surface area contributed by atoms with Crippen LogP contribution in [0.4, 0.5) is 0 Å². The second-order valence-corrected chi connectivity index (χ2v) is 4.00.